The number of carboxylic acid groups (broad SMARTS) is 1. The molecule has 1 rings (SSSR count). The van der Waals surface area contributed by atoms with E-state index in [0.29, 0.717) is 12.6 Å². The van der Waals surface area contributed by atoms with Crippen molar-refractivity contribution < 1.29 is 9.90 Å². The lowest BCUT2D eigenvalue weighted by Gasteiger charge is -2.37. The number of likely N-dealkylation sites (tertiary alicyclic amines) is 1. The summed E-state index contributed by atoms with van der Waals surface area (Å²) in [5.74, 6) is -0.155. The molecule has 0 saturated carbocycles. The Hall–Kier alpha value is -0.610. The molecule has 4 heteroatoms. The summed E-state index contributed by atoms with van der Waals surface area (Å²) in [6, 6.07) is -0.282. The topological polar surface area (TPSA) is 66.6 Å². The average molecular weight is 200 g/mol. The zero-order chi connectivity index (χ0) is 10.7. The number of hydrogen-bond acceptors (Lipinski definition) is 3. The average Bonchev–Trinajstić information content (AvgIpc) is 2.09. The lowest BCUT2D eigenvalue weighted by Crippen LogP contribution is -2.49. The Bertz CT molecular complexity index is 208. The predicted octanol–water partition coefficient (Wildman–Crippen LogP) is 0.519. The van der Waals surface area contributed by atoms with E-state index in [-0.39, 0.29) is 0 Å². The highest BCUT2D eigenvalue weighted by atomic mass is 16.4. The number of carbonyl (C=O) groups is 1. The molecule has 0 amide bonds. The summed E-state index contributed by atoms with van der Waals surface area (Å²) >= 11 is 0. The molecule has 0 radical (unpaired) electrons. The summed E-state index contributed by atoms with van der Waals surface area (Å²) in [6.45, 7) is 5.84. The predicted molar refractivity (Wildman–Crippen MR) is 55.0 cm³/mol. The monoisotopic (exact) mass is 200 g/mol. The molecule has 14 heavy (non-hydrogen) atoms. The minimum absolute atomic E-state index is 0.462. The molecule has 1 heterocycles. The molecule has 1 saturated heterocycles. The molecular formula is C10H20N2O2. The summed E-state index contributed by atoms with van der Waals surface area (Å²) in [5.41, 5.74) is 5.50. The maximum absolute atomic E-state index is 10.6. The van der Waals surface area contributed by atoms with E-state index in [1.165, 1.54) is 0 Å². The Morgan fingerprint density at radius 1 is 1.64 bits per heavy atom. The normalized spacial score (nSPS) is 31.4. The molecule has 1 fully saturated rings. The van der Waals surface area contributed by atoms with Crippen LogP contribution in [0, 0.1) is 5.92 Å². The number of hydrogen-bond donors (Lipinski definition) is 2. The van der Waals surface area contributed by atoms with E-state index in [9.17, 15) is 4.79 Å². The highest BCUT2D eigenvalue weighted by Gasteiger charge is 2.25. The van der Waals surface area contributed by atoms with E-state index in [0.717, 1.165) is 25.3 Å². The molecule has 0 aromatic heterocycles. The van der Waals surface area contributed by atoms with Gasteiger partial charge in [0.25, 0.3) is 0 Å². The van der Waals surface area contributed by atoms with Gasteiger partial charge in [-0.15, -0.1) is 0 Å². The number of rotatable bonds is 3. The van der Waals surface area contributed by atoms with Crippen molar-refractivity contribution in [2.75, 3.05) is 13.1 Å². The third-order valence-electron chi connectivity index (χ3n) is 3.02. The Morgan fingerprint density at radius 3 is 2.79 bits per heavy atom. The summed E-state index contributed by atoms with van der Waals surface area (Å²) in [7, 11) is 0. The first-order chi connectivity index (χ1) is 6.50. The standard InChI is InChI=1S/C10H20N2O2/c1-7-3-4-12(8(2)5-7)6-9(11)10(13)14/h7-9H,3-6,11H2,1-2H3,(H,13,14). The fraction of sp³-hybridized carbons (Fsp3) is 0.900. The first-order valence-electron chi connectivity index (χ1n) is 5.23. The number of carboxylic acids is 1. The first kappa shape index (κ1) is 11.5. The van der Waals surface area contributed by atoms with E-state index in [1.807, 2.05) is 0 Å². The van der Waals surface area contributed by atoms with Crippen molar-refractivity contribution in [2.24, 2.45) is 11.7 Å². The molecule has 0 spiro atoms. The van der Waals surface area contributed by atoms with Gasteiger partial charge in [-0.3, -0.25) is 9.69 Å². The molecule has 3 N–H and O–H groups in total. The SMILES string of the molecule is CC1CCN(CC(N)C(=O)O)C(C)C1. The fourth-order valence-corrected chi connectivity index (χ4v) is 2.06. The van der Waals surface area contributed by atoms with Crippen LogP contribution in [0.3, 0.4) is 0 Å². The van der Waals surface area contributed by atoms with Crippen LogP contribution >= 0.6 is 0 Å². The minimum Gasteiger partial charge on any atom is -0.480 e. The molecule has 1 aliphatic rings. The highest BCUT2D eigenvalue weighted by Crippen LogP contribution is 2.21. The van der Waals surface area contributed by atoms with Gasteiger partial charge in [-0.2, -0.15) is 0 Å². The van der Waals surface area contributed by atoms with Gasteiger partial charge in [0.15, 0.2) is 0 Å². The van der Waals surface area contributed by atoms with Crippen LogP contribution in [0.2, 0.25) is 0 Å². The Kier molecular flexibility index (Phi) is 3.89. The number of nitrogens with zero attached hydrogens (tertiary/aromatic N) is 1. The molecule has 1 aliphatic heterocycles. The van der Waals surface area contributed by atoms with Crippen molar-refractivity contribution in [1.82, 2.24) is 4.90 Å². The zero-order valence-electron chi connectivity index (χ0n) is 8.94. The molecule has 0 bridgehead atoms. The van der Waals surface area contributed by atoms with Crippen molar-refractivity contribution >= 4 is 5.97 Å². The van der Waals surface area contributed by atoms with Crippen LogP contribution in [0.25, 0.3) is 0 Å². The molecule has 82 valence electrons. The minimum atomic E-state index is -0.907. The summed E-state index contributed by atoms with van der Waals surface area (Å²) in [5, 5.41) is 8.70. The molecule has 4 nitrogen and oxygen atoms in total. The maximum atomic E-state index is 10.6. The molecule has 0 aromatic rings. The maximum Gasteiger partial charge on any atom is 0.321 e. The number of piperidine rings is 1. The quantitative estimate of drug-likeness (QED) is 0.697. The Balaban J connectivity index is 2.41. The largest absolute Gasteiger partial charge is 0.480 e. The smallest absolute Gasteiger partial charge is 0.321 e. The van der Waals surface area contributed by atoms with Crippen LogP contribution in [-0.2, 0) is 4.79 Å². The molecular weight excluding hydrogens is 180 g/mol. The number of aliphatic carboxylic acids is 1. The van der Waals surface area contributed by atoms with Gasteiger partial charge < -0.3 is 10.8 Å². The van der Waals surface area contributed by atoms with E-state index in [2.05, 4.69) is 18.7 Å². The zero-order valence-corrected chi connectivity index (χ0v) is 8.94. The summed E-state index contributed by atoms with van der Waals surface area (Å²) in [4.78, 5) is 12.8. The van der Waals surface area contributed by atoms with Gasteiger partial charge in [-0.25, -0.2) is 0 Å². The fourth-order valence-electron chi connectivity index (χ4n) is 2.06. The van der Waals surface area contributed by atoms with Crippen LogP contribution < -0.4 is 5.73 Å². The van der Waals surface area contributed by atoms with Gasteiger partial charge in [-0.05, 0) is 32.2 Å². The summed E-state index contributed by atoms with van der Waals surface area (Å²) < 4.78 is 0. The second kappa shape index (κ2) is 4.75. The summed E-state index contributed by atoms with van der Waals surface area (Å²) in [6.07, 6.45) is 2.29. The van der Waals surface area contributed by atoms with E-state index < -0.39 is 12.0 Å². The van der Waals surface area contributed by atoms with Crippen LogP contribution in [0.15, 0.2) is 0 Å². The Labute approximate surface area is 85.1 Å². The van der Waals surface area contributed by atoms with Crippen LogP contribution in [0.5, 0.6) is 0 Å². The van der Waals surface area contributed by atoms with E-state index in [1.54, 1.807) is 0 Å². The Morgan fingerprint density at radius 2 is 2.29 bits per heavy atom. The lowest BCUT2D eigenvalue weighted by atomic mass is 9.93. The van der Waals surface area contributed by atoms with Crippen LogP contribution in [0.4, 0.5) is 0 Å². The van der Waals surface area contributed by atoms with Crippen molar-refractivity contribution in [2.45, 2.75) is 38.8 Å². The van der Waals surface area contributed by atoms with Crippen molar-refractivity contribution in [3.63, 3.8) is 0 Å². The molecule has 0 aromatic carbocycles. The second-order valence-corrected chi connectivity index (χ2v) is 4.42. The van der Waals surface area contributed by atoms with Gasteiger partial charge in [0.05, 0.1) is 0 Å². The number of nitrogens with two attached hydrogens (primary N) is 1. The molecule has 3 unspecified atom stereocenters. The van der Waals surface area contributed by atoms with Crippen LogP contribution in [0.1, 0.15) is 26.7 Å². The second-order valence-electron chi connectivity index (χ2n) is 4.42. The lowest BCUT2D eigenvalue weighted by molar-refractivity contribution is -0.139. The van der Waals surface area contributed by atoms with Crippen molar-refractivity contribution in [3.8, 4) is 0 Å². The molecule has 3 atom stereocenters. The van der Waals surface area contributed by atoms with Gasteiger partial charge in [-0.1, -0.05) is 6.92 Å². The van der Waals surface area contributed by atoms with Crippen LogP contribution in [-0.4, -0.2) is 41.1 Å². The van der Waals surface area contributed by atoms with E-state index in [4.69, 9.17) is 10.8 Å². The van der Waals surface area contributed by atoms with Gasteiger partial charge in [0, 0.05) is 12.6 Å². The van der Waals surface area contributed by atoms with Crippen molar-refractivity contribution in [1.29, 1.82) is 0 Å². The van der Waals surface area contributed by atoms with Gasteiger partial charge in [0.1, 0.15) is 6.04 Å². The van der Waals surface area contributed by atoms with Crippen molar-refractivity contribution in [3.05, 3.63) is 0 Å². The van der Waals surface area contributed by atoms with Gasteiger partial charge >= 0.3 is 5.97 Å². The third-order valence-corrected chi connectivity index (χ3v) is 3.02. The molecule has 0 aliphatic carbocycles. The van der Waals surface area contributed by atoms with E-state index >= 15 is 0 Å². The highest BCUT2D eigenvalue weighted by molar-refractivity contribution is 5.73. The van der Waals surface area contributed by atoms with Gasteiger partial charge in [0.2, 0.25) is 0 Å². The third kappa shape index (κ3) is 2.96. The first-order valence-corrected chi connectivity index (χ1v) is 5.23.